The molecule has 0 aliphatic rings. The summed E-state index contributed by atoms with van der Waals surface area (Å²) in [5.41, 5.74) is 6.24. The molecule has 0 bridgehead atoms. The molecule has 2 aromatic carbocycles. The van der Waals surface area contributed by atoms with Crippen molar-refractivity contribution in [2.45, 2.75) is 0 Å². The van der Waals surface area contributed by atoms with Crippen molar-refractivity contribution >= 4 is 44.7 Å². The Bertz CT molecular complexity index is 737. The summed E-state index contributed by atoms with van der Waals surface area (Å²) in [4.78, 5) is 12.1. The summed E-state index contributed by atoms with van der Waals surface area (Å²) in [7, 11) is 0. The molecule has 108 valence electrons. The Labute approximate surface area is 133 Å². The third-order valence-electron chi connectivity index (χ3n) is 2.68. The number of thiocarbonyl (C=S) groups is 1. The third-order valence-corrected chi connectivity index (χ3v) is 3.50. The van der Waals surface area contributed by atoms with Crippen molar-refractivity contribution in [1.82, 2.24) is 0 Å². The fourth-order valence-corrected chi connectivity index (χ4v) is 2.21. The number of nitrogens with one attached hydrogen (secondary N) is 1. The van der Waals surface area contributed by atoms with Gasteiger partial charge in [-0.2, -0.15) is 0 Å². The maximum absolute atomic E-state index is 13.2. The molecule has 0 aromatic heterocycles. The van der Waals surface area contributed by atoms with E-state index in [9.17, 15) is 13.6 Å². The van der Waals surface area contributed by atoms with E-state index in [0.717, 1.165) is 12.1 Å². The molecule has 0 atom stereocenters. The van der Waals surface area contributed by atoms with Gasteiger partial charge in [0.15, 0.2) is 0 Å². The summed E-state index contributed by atoms with van der Waals surface area (Å²) in [6, 6.07) is 7.52. The molecular formula is C14H9BrF2N2OS. The SMILES string of the molecule is NC(=S)c1cc(F)ccc1NC(=O)c1ccc(F)c(Br)c1. The Morgan fingerprint density at radius 3 is 2.52 bits per heavy atom. The number of anilines is 1. The van der Waals surface area contributed by atoms with E-state index in [1.165, 1.54) is 24.3 Å². The molecule has 0 radical (unpaired) electrons. The van der Waals surface area contributed by atoms with Crippen molar-refractivity contribution in [1.29, 1.82) is 0 Å². The minimum atomic E-state index is -0.514. The van der Waals surface area contributed by atoms with Gasteiger partial charge in [0.2, 0.25) is 0 Å². The number of benzene rings is 2. The number of halogens is 3. The maximum atomic E-state index is 13.2. The zero-order valence-corrected chi connectivity index (χ0v) is 12.9. The number of amides is 1. The highest BCUT2D eigenvalue weighted by Gasteiger charge is 2.13. The van der Waals surface area contributed by atoms with Crippen LogP contribution in [0.2, 0.25) is 0 Å². The van der Waals surface area contributed by atoms with Gasteiger partial charge in [0.1, 0.15) is 16.6 Å². The van der Waals surface area contributed by atoms with Crippen LogP contribution in [0, 0.1) is 11.6 Å². The molecule has 0 saturated carbocycles. The Hall–Kier alpha value is -1.86. The van der Waals surface area contributed by atoms with Crippen LogP contribution in [-0.4, -0.2) is 10.9 Å². The van der Waals surface area contributed by atoms with E-state index in [2.05, 4.69) is 21.2 Å². The highest BCUT2D eigenvalue weighted by atomic mass is 79.9. The first-order valence-corrected chi connectivity index (χ1v) is 6.94. The number of hydrogen-bond donors (Lipinski definition) is 2. The van der Waals surface area contributed by atoms with Crippen molar-refractivity contribution in [2.75, 3.05) is 5.32 Å². The van der Waals surface area contributed by atoms with Crippen molar-refractivity contribution in [3.63, 3.8) is 0 Å². The lowest BCUT2D eigenvalue weighted by Gasteiger charge is -2.10. The van der Waals surface area contributed by atoms with Crippen molar-refractivity contribution < 1.29 is 13.6 Å². The number of hydrogen-bond acceptors (Lipinski definition) is 2. The molecule has 21 heavy (non-hydrogen) atoms. The molecule has 2 rings (SSSR count). The lowest BCUT2D eigenvalue weighted by atomic mass is 10.1. The number of rotatable bonds is 3. The van der Waals surface area contributed by atoms with Crippen LogP contribution in [0.15, 0.2) is 40.9 Å². The van der Waals surface area contributed by atoms with Gasteiger partial charge in [-0.25, -0.2) is 8.78 Å². The summed E-state index contributed by atoms with van der Waals surface area (Å²) in [6.07, 6.45) is 0. The van der Waals surface area contributed by atoms with Crippen LogP contribution in [0.1, 0.15) is 15.9 Å². The van der Waals surface area contributed by atoms with Crippen LogP contribution < -0.4 is 11.1 Å². The number of carbonyl (C=O) groups excluding carboxylic acids is 1. The van der Waals surface area contributed by atoms with Gasteiger partial charge in [0.05, 0.1) is 10.2 Å². The Morgan fingerprint density at radius 1 is 1.19 bits per heavy atom. The highest BCUT2D eigenvalue weighted by Crippen LogP contribution is 2.20. The first kappa shape index (κ1) is 15.5. The lowest BCUT2D eigenvalue weighted by Crippen LogP contribution is -2.18. The molecule has 0 unspecified atom stereocenters. The molecule has 1 amide bonds. The lowest BCUT2D eigenvalue weighted by molar-refractivity contribution is 0.102. The van der Waals surface area contributed by atoms with Crippen LogP contribution >= 0.6 is 28.1 Å². The number of carbonyl (C=O) groups is 1. The second-order valence-corrected chi connectivity index (χ2v) is 5.43. The third kappa shape index (κ3) is 3.62. The van der Waals surface area contributed by atoms with Crippen LogP contribution in [0.3, 0.4) is 0 Å². The summed E-state index contributed by atoms with van der Waals surface area (Å²) < 4.78 is 26.5. The van der Waals surface area contributed by atoms with Crippen molar-refractivity contribution in [3.8, 4) is 0 Å². The summed E-state index contributed by atoms with van der Waals surface area (Å²) in [5, 5.41) is 2.57. The second kappa shape index (κ2) is 6.28. The first-order chi connectivity index (χ1) is 9.88. The molecule has 3 N–H and O–H groups in total. The summed E-state index contributed by atoms with van der Waals surface area (Å²) >= 11 is 7.82. The van der Waals surface area contributed by atoms with Gasteiger partial charge in [0.25, 0.3) is 5.91 Å². The average molecular weight is 371 g/mol. The van der Waals surface area contributed by atoms with Gasteiger partial charge >= 0.3 is 0 Å². The van der Waals surface area contributed by atoms with Crippen molar-refractivity contribution in [3.05, 3.63) is 63.6 Å². The second-order valence-electron chi connectivity index (χ2n) is 4.14. The Kier molecular flexibility index (Phi) is 4.64. The molecule has 0 saturated heterocycles. The Morgan fingerprint density at radius 2 is 1.90 bits per heavy atom. The smallest absolute Gasteiger partial charge is 0.255 e. The molecule has 0 heterocycles. The van der Waals surface area contributed by atoms with Crippen LogP contribution in [0.5, 0.6) is 0 Å². The monoisotopic (exact) mass is 370 g/mol. The molecule has 0 aliphatic heterocycles. The van der Waals surface area contributed by atoms with Gasteiger partial charge in [-0.05, 0) is 52.3 Å². The molecule has 0 aliphatic carbocycles. The maximum Gasteiger partial charge on any atom is 0.255 e. The number of nitrogens with two attached hydrogens (primary N) is 1. The van der Waals surface area contributed by atoms with E-state index in [0.29, 0.717) is 0 Å². The molecule has 3 nitrogen and oxygen atoms in total. The van der Waals surface area contributed by atoms with Gasteiger partial charge in [-0.1, -0.05) is 12.2 Å². The van der Waals surface area contributed by atoms with Gasteiger partial charge in [-0.15, -0.1) is 0 Å². The van der Waals surface area contributed by atoms with Gasteiger partial charge in [0, 0.05) is 11.1 Å². The van der Waals surface area contributed by atoms with Crippen LogP contribution in [0.4, 0.5) is 14.5 Å². The normalized spacial score (nSPS) is 10.2. The van der Waals surface area contributed by atoms with Gasteiger partial charge < -0.3 is 11.1 Å². The minimum absolute atomic E-state index is 0.0370. The molecule has 0 fully saturated rings. The quantitative estimate of drug-likeness (QED) is 0.811. The highest BCUT2D eigenvalue weighted by molar-refractivity contribution is 9.10. The summed E-state index contributed by atoms with van der Waals surface area (Å²) in [5.74, 6) is -1.47. The fraction of sp³-hybridized carbons (Fsp3) is 0. The van der Waals surface area contributed by atoms with E-state index in [1.807, 2.05) is 0 Å². The molecule has 2 aromatic rings. The van der Waals surface area contributed by atoms with E-state index in [-0.39, 0.29) is 26.3 Å². The fourth-order valence-electron chi connectivity index (χ4n) is 1.66. The van der Waals surface area contributed by atoms with E-state index >= 15 is 0 Å². The van der Waals surface area contributed by atoms with Crippen molar-refractivity contribution in [2.24, 2.45) is 5.73 Å². The predicted molar refractivity (Wildman–Crippen MR) is 84.3 cm³/mol. The predicted octanol–water partition coefficient (Wildman–Crippen LogP) is 3.61. The molecule has 0 spiro atoms. The summed E-state index contributed by atoms with van der Waals surface area (Å²) in [6.45, 7) is 0. The first-order valence-electron chi connectivity index (χ1n) is 5.74. The Balaban J connectivity index is 2.31. The average Bonchev–Trinajstić information content (AvgIpc) is 2.43. The largest absolute Gasteiger partial charge is 0.389 e. The zero-order valence-electron chi connectivity index (χ0n) is 10.5. The topological polar surface area (TPSA) is 55.1 Å². The van der Waals surface area contributed by atoms with Crippen LogP contribution in [-0.2, 0) is 0 Å². The van der Waals surface area contributed by atoms with E-state index in [4.69, 9.17) is 18.0 Å². The van der Waals surface area contributed by atoms with Crippen LogP contribution in [0.25, 0.3) is 0 Å². The standard InChI is InChI=1S/C14H9BrF2N2OS/c15-10-5-7(1-3-11(10)17)14(20)19-12-4-2-8(16)6-9(12)13(18)21/h1-6H,(H2,18,21)(H,19,20). The van der Waals surface area contributed by atoms with Gasteiger partial charge in [-0.3, -0.25) is 4.79 Å². The minimum Gasteiger partial charge on any atom is -0.389 e. The van der Waals surface area contributed by atoms with E-state index < -0.39 is 17.5 Å². The molecular weight excluding hydrogens is 362 g/mol. The zero-order chi connectivity index (χ0) is 15.6. The molecule has 7 heteroatoms. The van der Waals surface area contributed by atoms with E-state index in [1.54, 1.807) is 0 Å².